The van der Waals surface area contributed by atoms with Crippen molar-refractivity contribution in [3.63, 3.8) is 0 Å². The summed E-state index contributed by atoms with van der Waals surface area (Å²) in [5.74, 6) is -0.288. The highest BCUT2D eigenvalue weighted by molar-refractivity contribution is 5.61. The Hall–Kier alpha value is -2.11. The van der Waals surface area contributed by atoms with Crippen molar-refractivity contribution in [1.29, 1.82) is 0 Å². The first-order chi connectivity index (χ1) is 8.44. The second-order valence-electron chi connectivity index (χ2n) is 3.75. The molecule has 1 aromatic heterocycles. The molecule has 2 rings (SSSR count). The number of benzene rings is 1. The number of nitrogens with zero attached hydrogens (tertiary/aromatic N) is 2. The van der Waals surface area contributed by atoms with Crippen molar-refractivity contribution in [3.05, 3.63) is 42.2 Å². The Morgan fingerprint density at radius 1 is 1.06 bits per heavy atom. The third-order valence-corrected chi connectivity index (χ3v) is 2.22. The highest BCUT2D eigenvalue weighted by Gasteiger charge is 2.29. The van der Waals surface area contributed by atoms with E-state index in [0.717, 1.165) is 0 Å². The number of aromatic nitrogens is 2. The Bertz CT molecular complexity index is 538. The fourth-order valence-electron chi connectivity index (χ4n) is 1.53. The summed E-state index contributed by atoms with van der Waals surface area (Å²) < 4.78 is 36.9. The molecule has 0 atom stereocenters. The number of hydrogen-bond donors (Lipinski definition) is 1. The molecule has 2 aromatic rings. The van der Waals surface area contributed by atoms with Gasteiger partial charge in [0, 0.05) is 11.6 Å². The smallest absolute Gasteiger partial charge is 0.384 e. The van der Waals surface area contributed by atoms with Crippen LogP contribution in [0, 0.1) is 0 Å². The lowest BCUT2D eigenvalue weighted by molar-refractivity contribution is -0.128. The van der Waals surface area contributed by atoms with Gasteiger partial charge in [-0.1, -0.05) is 30.3 Å². The molecule has 0 bridgehead atoms. The fraction of sp³-hybridized carbons (Fsp3) is 0.167. The van der Waals surface area contributed by atoms with Gasteiger partial charge >= 0.3 is 6.18 Å². The molecule has 0 aliphatic heterocycles. The summed E-state index contributed by atoms with van der Waals surface area (Å²) in [4.78, 5) is 7.47. The fourth-order valence-corrected chi connectivity index (χ4v) is 1.53. The molecule has 94 valence electrons. The lowest BCUT2D eigenvalue weighted by Gasteiger charge is -2.08. The van der Waals surface area contributed by atoms with E-state index in [0.29, 0.717) is 11.3 Å². The van der Waals surface area contributed by atoms with Crippen LogP contribution in [-0.2, 0) is 6.42 Å². The van der Waals surface area contributed by atoms with E-state index in [9.17, 15) is 13.2 Å². The van der Waals surface area contributed by atoms with Gasteiger partial charge in [-0.2, -0.15) is 13.2 Å². The van der Waals surface area contributed by atoms with Crippen molar-refractivity contribution in [1.82, 2.24) is 9.97 Å². The summed E-state index contributed by atoms with van der Waals surface area (Å²) in [6.07, 6.45) is -5.53. The van der Waals surface area contributed by atoms with Crippen molar-refractivity contribution < 1.29 is 13.2 Å². The second kappa shape index (κ2) is 4.64. The van der Waals surface area contributed by atoms with Crippen LogP contribution in [0.4, 0.5) is 19.0 Å². The maximum Gasteiger partial charge on any atom is 0.396 e. The Kier molecular flexibility index (Phi) is 3.18. The number of anilines is 1. The SMILES string of the molecule is Nc1cc(-c2ccccc2)nc(CC(F)(F)F)n1. The van der Waals surface area contributed by atoms with Crippen molar-refractivity contribution in [2.24, 2.45) is 0 Å². The van der Waals surface area contributed by atoms with Gasteiger partial charge in [-0.15, -0.1) is 0 Å². The van der Waals surface area contributed by atoms with E-state index < -0.39 is 12.6 Å². The monoisotopic (exact) mass is 253 g/mol. The second-order valence-corrected chi connectivity index (χ2v) is 3.75. The number of nitrogens with two attached hydrogens (primary N) is 1. The topological polar surface area (TPSA) is 51.8 Å². The van der Waals surface area contributed by atoms with Crippen LogP contribution in [0.5, 0.6) is 0 Å². The van der Waals surface area contributed by atoms with Gasteiger partial charge < -0.3 is 5.73 Å². The Morgan fingerprint density at radius 2 is 1.72 bits per heavy atom. The predicted molar refractivity (Wildman–Crippen MR) is 61.6 cm³/mol. The molecule has 0 aliphatic carbocycles. The number of alkyl halides is 3. The van der Waals surface area contributed by atoms with Gasteiger partial charge in [0.05, 0.1) is 5.69 Å². The van der Waals surface area contributed by atoms with Crippen molar-refractivity contribution in [2.45, 2.75) is 12.6 Å². The van der Waals surface area contributed by atoms with Crippen LogP contribution < -0.4 is 5.73 Å². The van der Waals surface area contributed by atoms with Gasteiger partial charge in [0.2, 0.25) is 0 Å². The predicted octanol–water partition coefficient (Wildman–Crippen LogP) is 2.83. The van der Waals surface area contributed by atoms with E-state index >= 15 is 0 Å². The maximum atomic E-state index is 12.3. The van der Waals surface area contributed by atoms with Crippen LogP contribution >= 0.6 is 0 Å². The van der Waals surface area contributed by atoms with E-state index in [2.05, 4.69) is 9.97 Å². The zero-order valence-electron chi connectivity index (χ0n) is 9.28. The maximum absolute atomic E-state index is 12.3. The van der Waals surface area contributed by atoms with Crippen LogP contribution in [-0.4, -0.2) is 16.1 Å². The molecule has 0 saturated heterocycles. The molecule has 0 spiro atoms. The van der Waals surface area contributed by atoms with Crippen molar-refractivity contribution >= 4 is 5.82 Å². The standard InChI is InChI=1S/C12H10F3N3/c13-12(14,15)7-11-17-9(6-10(16)18-11)8-4-2-1-3-5-8/h1-6H,7H2,(H2,16,17,18). The average Bonchev–Trinajstić information content (AvgIpc) is 2.27. The van der Waals surface area contributed by atoms with Gasteiger partial charge in [0.1, 0.15) is 18.1 Å². The number of rotatable bonds is 2. The summed E-state index contributed by atoms with van der Waals surface area (Å²) in [7, 11) is 0. The molecule has 2 N–H and O–H groups in total. The minimum absolute atomic E-state index is 0.0307. The minimum atomic E-state index is -4.35. The normalized spacial score (nSPS) is 11.5. The van der Waals surface area contributed by atoms with E-state index in [1.807, 2.05) is 6.07 Å². The minimum Gasteiger partial charge on any atom is -0.384 e. The highest BCUT2D eigenvalue weighted by Crippen LogP contribution is 2.23. The summed E-state index contributed by atoms with van der Waals surface area (Å²) in [6.45, 7) is 0. The van der Waals surface area contributed by atoms with Gasteiger partial charge in [-0.05, 0) is 0 Å². The first-order valence-electron chi connectivity index (χ1n) is 5.20. The van der Waals surface area contributed by atoms with E-state index in [-0.39, 0.29) is 11.6 Å². The first kappa shape index (κ1) is 12.3. The van der Waals surface area contributed by atoms with Crippen LogP contribution in [0.25, 0.3) is 11.3 Å². The summed E-state index contributed by atoms with van der Waals surface area (Å²) in [6, 6.07) is 10.3. The van der Waals surface area contributed by atoms with Crippen molar-refractivity contribution in [2.75, 3.05) is 5.73 Å². The summed E-state index contributed by atoms with van der Waals surface area (Å²) >= 11 is 0. The lowest BCUT2D eigenvalue weighted by Crippen LogP contribution is -2.15. The van der Waals surface area contributed by atoms with E-state index in [4.69, 9.17) is 5.73 Å². The Morgan fingerprint density at radius 3 is 2.33 bits per heavy atom. The van der Waals surface area contributed by atoms with Gasteiger partial charge in [0.15, 0.2) is 0 Å². The number of hydrogen-bond acceptors (Lipinski definition) is 3. The molecule has 1 aromatic carbocycles. The first-order valence-corrected chi connectivity index (χ1v) is 5.20. The summed E-state index contributed by atoms with van der Waals surface area (Å²) in [5.41, 5.74) is 6.59. The zero-order valence-corrected chi connectivity index (χ0v) is 9.28. The molecular weight excluding hydrogens is 243 g/mol. The quantitative estimate of drug-likeness (QED) is 0.895. The highest BCUT2D eigenvalue weighted by atomic mass is 19.4. The summed E-state index contributed by atoms with van der Waals surface area (Å²) in [5, 5.41) is 0. The molecule has 0 fully saturated rings. The molecule has 0 unspecified atom stereocenters. The lowest BCUT2D eigenvalue weighted by atomic mass is 10.1. The van der Waals surface area contributed by atoms with Gasteiger partial charge in [-0.25, -0.2) is 9.97 Å². The molecule has 0 radical (unpaired) electrons. The van der Waals surface area contributed by atoms with Crippen molar-refractivity contribution in [3.8, 4) is 11.3 Å². The zero-order chi connectivity index (χ0) is 13.2. The Labute approximate surface area is 101 Å². The van der Waals surface area contributed by atoms with E-state index in [1.54, 1.807) is 24.3 Å². The molecule has 0 amide bonds. The van der Waals surface area contributed by atoms with Crippen LogP contribution in [0.1, 0.15) is 5.82 Å². The third-order valence-electron chi connectivity index (χ3n) is 2.22. The molecule has 0 aliphatic rings. The molecule has 18 heavy (non-hydrogen) atoms. The molecule has 6 heteroatoms. The third kappa shape index (κ3) is 3.19. The average molecular weight is 253 g/mol. The number of halogens is 3. The van der Waals surface area contributed by atoms with Crippen LogP contribution in [0.2, 0.25) is 0 Å². The molecule has 0 saturated carbocycles. The van der Waals surface area contributed by atoms with Crippen LogP contribution in [0.15, 0.2) is 36.4 Å². The number of nitrogen functional groups attached to an aromatic ring is 1. The van der Waals surface area contributed by atoms with Crippen LogP contribution in [0.3, 0.4) is 0 Å². The van der Waals surface area contributed by atoms with Gasteiger partial charge in [-0.3, -0.25) is 0 Å². The molecule has 1 heterocycles. The molecule has 3 nitrogen and oxygen atoms in total. The largest absolute Gasteiger partial charge is 0.396 e. The molecular formula is C12H10F3N3. The van der Waals surface area contributed by atoms with Gasteiger partial charge in [0.25, 0.3) is 0 Å². The van der Waals surface area contributed by atoms with E-state index in [1.165, 1.54) is 6.07 Å². The Balaban J connectivity index is 2.39.